The summed E-state index contributed by atoms with van der Waals surface area (Å²) in [5, 5.41) is 6.09. The molecule has 2 amide bonds. The molecule has 1 aliphatic heterocycles. The molecule has 1 aliphatic rings. The first-order chi connectivity index (χ1) is 12.6. The summed E-state index contributed by atoms with van der Waals surface area (Å²) in [6, 6.07) is 10.0. The summed E-state index contributed by atoms with van der Waals surface area (Å²) in [6.07, 6.45) is 2.44. The summed E-state index contributed by atoms with van der Waals surface area (Å²) in [5.74, 6) is -0.222. The van der Waals surface area contributed by atoms with Gasteiger partial charge in [-0.25, -0.2) is 0 Å². The van der Waals surface area contributed by atoms with Crippen LogP contribution in [-0.2, 0) is 16.1 Å². The minimum atomic E-state index is -0.995. The van der Waals surface area contributed by atoms with Crippen LogP contribution in [0.25, 0.3) is 0 Å². The second-order valence-electron chi connectivity index (χ2n) is 8.65. The van der Waals surface area contributed by atoms with Crippen molar-refractivity contribution in [3.8, 4) is 0 Å². The van der Waals surface area contributed by atoms with Crippen molar-refractivity contribution in [2.45, 2.75) is 64.7 Å². The van der Waals surface area contributed by atoms with Gasteiger partial charge in [-0.05, 0) is 45.6 Å². The van der Waals surface area contributed by atoms with Gasteiger partial charge in [0.1, 0.15) is 5.54 Å². The average Bonchev–Trinajstić information content (AvgIpc) is 2.57. The highest BCUT2D eigenvalue weighted by atomic mass is 16.2. The third kappa shape index (κ3) is 5.19. The van der Waals surface area contributed by atoms with Crippen LogP contribution >= 0.6 is 0 Å². The Labute approximate surface area is 163 Å². The normalized spacial score (nSPS) is 26.3. The topological polar surface area (TPSA) is 61.4 Å². The fourth-order valence-corrected chi connectivity index (χ4v) is 3.86. The molecule has 27 heavy (non-hydrogen) atoms. The summed E-state index contributed by atoms with van der Waals surface area (Å²) in [4.78, 5) is 27.7. The molecular formula is C22H33N3O2. The monoisotopic (exact) mass is 371 g/mol. The van der Waals surface area contributed by atoms with Crippen molar-refractivity contribution in [2.24, 2.45) is 5.92 Å². The minimum Gasteiger partial charge on any atom is -0.349 e. The molecule has 0 unspecified atom stereocenters. The van der Waals surface area contributed by atoms with Crippen molar-refractivity contribution in [3.63, 3.8) is 0 Å². The molecule has 1 aromatic rings. The summed E-state index contributed by atoms with van der Waals surface area (Å²) >= 11 is 0. The van der Waals surface area contributed by atoms with Crippen LogP contribution in [0, 0.1) is 5.92 Å². The summed E-state index contributed by atoms with van der Waals surface area (Å²) < 4.78 is 0. The molecule has 0 aromatic heterocycles. The third-order valence-corrected chi connectivity index (χ3v) is 5.17. The average molecular weight is 372 g/mol. The van der Waals surface area contributed by atoms with E-state index in [1.807, 2.05) is 52.0 Å². The Morgan fingerprint density at radius 1 is 1.30 bits per heavy atom. The van der Waals surface area contributed by atoms with Crippen molar-refractivity contribution in [1.29, 1.82) is 0 Å². The number of piperidine rings is 1. The van der Waals surface area contributed by atoms with Crippen LogP contribution < -0.4 is 10.6 Å². The Morgan fingerprint density at radius 2 is 1.93 bits per heavy atom. The second-order valence-corrected chi connectivity index (χ2v) is 8.65. The highest BCUT2D eigenvalue weighted by Crippen LogP contribution is 2.34. The van der Waals surface area contributed by atoms with Crippen molar-refractivity contribution in [2.75, 3.05) is 6.54 Å². The van der Waals surface area contributed by atoms with Gasteiger partial charge in [-0.15, -0.1) is 6.58 Å². The van der Waals surface area contributed by atoms with E-state index >= 15 is 0 Å². The van der Waals surface area contributed by atoms with E-state index in [4.69, 9.17) is 0 Å². The predicted octanol–water partition coefficient (Wildman–Crippen LogP) is 2.87. The Balaban J connectivity index is 2.40. The number of hydrogen-bond donors (Lipinski definition) is 2. The minimum absolute atomic E-state index is 0.113. The number of nitrogens with zero attached hydrogens (tertiary/aromatic N) is 1. The standard InChI is InChI=1S/C22H33N3O2/c1-7-18-13-22(23-17(3)26,20(27)24-21(4,5)6)16(2)25(14-18)15-19-11-9-8-10-12-19/h7-12,16,18H,1,13-15H2,2-6H3,(H,23,26)(H,24,27)/t16-,18-,22+/m0/s1. The Bertz CT molecular complexity index is 681. The molecule has 2 N–H and O–H groups in total. The number of hydrogen-bond acceptors (Lipinski definition) is 3. The van der Waals surface area contributed by atoms with Gasteiger partial charge in [0.05, 0.1) is 0 Å². The highest BCUT2D eigenvalue weighted by molar-refractivity contribution is 5.92. The van der Waals surface area contributed by atoms with Gasteiger partial charge in [-0.1, -0.05) is 36.4 Å². The zero-order chi connectivity index (χ0) is 20.2. The lowest BCUT2D eigenvalue weighted by molar-refractivity contribution is -0.140. The van der Waals surface area contributed by atoms with Crippen LogP contribution in [0.1, 0.15) is 46.6 Å². The molecular weight excluding hydrogens is 338 g/mol. The van der Waals surface area contributed by atoms with Crippen molar-refractivity contribution < 1.29 is 9.59 Å². The molecule has 0 saturated carbocycles. The second kappa shape index (κ2) is 8.26. The number of likely N-dealkylation sites (tertiary alicyclic amines) is 1. The van der Waals surface area contributed by atoms with E-state index in [0.717, 1.165) is 13.1 Å². The summed E-state index contributed by atoms with van der Waals surface area (Å²) in [7, 11) is 0. The number of amides is 2. The lowest BCUT2D eigenvalue weighted by atomic mass is 9.75. The van der Waals surface area contributed by atoms with Crippen molar-refractivity contribution in [1.82, 2.24) is 15.5 Å². The van der Waals surface area contributed by atoms with Crippen LogP contribution in [-0.4, -0.2) is 40.4 Å². The lowest BCUT2D eigenvalue weighted by Gasteiger charge is -2.50. The molecule has 2 rings (SSSR count). The largest absolute Gasteiger partial charge is 0.349 e. The van der Waals surface area contributed by atoms with Gasteiger partial charge in [0, 0.05) is 31.6 Å². The maximum atomic E-state index is 13.4. The first kappa shape index (κ1) is 21.2. The van der Waals surface area contributed by atoms with Crippen LogP contribution in [0.3, 0.4) is 0 Å². The van der Waals surface area contributed by atoms with Crippen LogP contribution in [0.2, 0.25) is 0 Å². The highest BCUT2D eigenvalue weighted by Gasteiger charge is 2.51. The number of rotatable bonds is 5. The predicted molar refractivity (Wildman–Crippen MR) is 109 cm³/mol. The fraction of sp³-hybridized carbons (Fsp3) is 0.545. The maximum Gasteiger partial charge on any atom is 0.247 e. The molecule has 0 aliphatic carbocycles. The van der Waals surface area contributed by atoms with Crippen LogP contribution in [0.4, 0.5) is 0 Å². The molecule has 1 aromatic carbocycles. The van der Waals surface area contributed by atoms with Crippen molar-refractivity contribution in [3.05, 3.63) is 48.6 Å². The van der Waals surface area contributed by atoms with Gasteiger partial charge in [-0.3, -0.25) is 14.5 Å². The number of carbonyl (C=O) groups is 2. The number of carbonyl (C=O) groups excluding carboxylic acids is 2. The first-order valence-electron chi connectivity index (χ1n) is 9.59. The van der Waals surface area contributed by atoms with E-state index in [0.29, 0.717) is 6.42 Å². The maximum absolute atomic E-state index is 13.4. The SMILES string of the molecule is C=C[C@@H]1CN(Cc2ccccc2)[C@@H](C)[C@@](NC(C)=O)(C(=O)NC(C)(C)C)C1. The molecule has 148 valence electrons. The van der Waals surface area contributed by atoms with Gasteiger partial charge in [0.25, 0.3) is 0 Å². The molecule has 0 spiro atoms. The molecule has 0 bridgehead atoms. The zero-order valence-electron chi connectivity index (χ0n) is 17.2. The summed E-state index contributed by atoms with van der Waals surface area (Å²) in [5.41, 5.74) is -0.194. The Morgan fingerprint density at radius 3 is 2.44 bits per heavy atom. The van der Waals surface area contributed by atoms with Gasteiger partial charge in [-0.2, -0.15) is 0 Å². The Hall–Kier alpha value is -2.14. The van der Waals surface area contributed by atoms with E-state index < -0.39 is 5.54 Å². The molecule has 1 fully saturated rings. The van der Waals surface area contributed by atoms with E-state index in [1.54, 1.807) is 0 Å². The van der Waals surface area contributed by atoms with Crippen LogP contribution in [0.5, 0.6) is 0 Å². The Kier molecular flexibility index (Phi) is 6.47. The molecule has 0 radical (unpaired) electrons. The lowest BCUT2D eigenvalue weighted by Crippen LogP contribution is -2.72. The number of benzene rings is 1. The quantitative estimate of drug-likeness (QED) is 0.783. The van der Waals surface area contributed by atoms with E-state index in [9.17, 15) is 9.59 Å². The molecule has 5 nitrogen and oxygen atoms in total. The molecule has 5 heteroatoms. The molecule has 1 saturated heterocycles. The van der Waals surface area contributed by atoms with Crippen LogP contribution in [0.15, 0.2) is 43.0 Å². The smallest absolute Gasteiger partial charge is 0.247 e. The van der Waals surface area contributed by atoms with Gasteiger partial charge >= 0.3 is 0 Å². The van der Waals surface area contributed by atoms with Crippen molar-refractivity contribution >= 4 is 11.8 Å². The molecule has 3 atom stereocenters. The van der Waals surface area contributed by atoms with Gasteiger partial charge in [0.15, 0.2) is 0 Å². The third-order valence-electron chi connectivity index (χ3n) is 5.17. The fourth-order valence-electron chi connectivity index (χ4n) is 3.86. The van der Waals surface area contributed by atoms with E-state index in [2.05, 4.69) is 34.2 Å². The first-order valence-corrected chi connectivity index (χ1v) is 9.59. The zero-order valence-corrected chi connectivity index (χ0v) is 17.2. The van der Waals surface area contributed by atoms with Gasteiger partial charge < -0.3 is 10.6 Å². The summed E-state index contributed by atoms with van der Waals surface area (Å²) in [6.45, 7) is 14.8. The molecule has 1 heterocycles. The van der Waals surface area contributed by atoms with E-state index in [1.165, 1.54) is 12.5 Å². The van der Waals surface area contributed by atoms with Gasteiger partial charge in [0.2, 0.25) is 11.8 Å². The number of nitrogens with one attached hydrogen (secondary N) is 2. The van der Waals surface area contributed by atoms with E-state index in [-0.39, 0.29) is 29.3 Å².